The van der Waals surface area contributed by atoms with Gasteiger partial charge in [-0.3, -0.25) is 9.69 Å². The van der Waals surface area contributed by atoms with E-state index in [2.05, 4.69) is 44.6 Å². The second-order valence-corrected chi connectivity index (χ2v) is 7.23. The van der Waals surface area contributed by atoms with Crippen LogP contribution in [-0.4, -0.2) is 40.4 Å². The van der Waals surface area contributed by atoms with Crippen molar-refractivity contribution in [2.45, 2.75) is 25.8 Å². The first-order valence-corrected chi connectivity index (χ1v) is 9.15. The molecular weight excluding hydrogens is 322 g/mol. The van der Waals surface area contributed by atoms with Crippen molar-refractivity contribution in [2.24, 2.45) is 5.92 Å². The zero-order valence-corrected chi connectivity index (χ0v) is 14.6. The molecule has 0 bridgehead atoms. The lowest BCUT2D eigenvalue weighted by atomic mass is 9.97. The van der Waals surface area contributed by atoms with Crippen LogP contribution in [0.5, 0.6) is 0 Å². The topological polar surface area (TPSA) is 84.1 Å². The molecule has 0 aliphatic carbocycles. The Morgan fingerprint density at radius 3 is 2.83 bits per heavy atom. The molecule has 2 aromatic rings. The summed E-state index contributed by atoms with van der Waals surface area (Å²) >= 11 is 1.73. The molecule has 0 unspecified atom stereocenters. The number of nitrogens with zero attached hydrogens (tertiary/aromatic N) is 3. The van der Waals surface area contributed by atoms with E-state index in [0.717, 1.165) is 19.0 Å². The van der Waals surface area contributed by atoms with Crippen LogP contribution >= 0.6 is 11.3 Å². The summed E-state index contributed by atoms with van der Waals surface area (Å²) in [5, 5.41) is 5.06. The monoisotopic (exact) mass is 345 g/mol. The fourth-order valence-corrected chi connectivity index (χ4v) is 3.89. The van der Waals surface area contributed by atoms with Gasteiger partial charge in [-0.1, -0.05) is 13.0 Å². The highest BCUT2D eigenvalue weighted by molar-refractivity contribution is 7.10. The van der Waals surface area contributed by atoms with E-state index in [1.165, 1.54) is 30.1 Å². The second kappa shape index (κ2) is 7.72. The first kappa shape index (κ1) is 16.9. The molecule has 3 N–H and O–H groups in total. The van der Waals surface area contributed by atoms with Crippen molar-refractivity contribution in [1.82, 2.24) is 20.2 Å². The minimum absolute atomic E-state index is 0.162. The number of carbonyl (C=O) groups excluding carboxylic acids is 1. The van der Waals surface area contributed by atoms with E-state index in [4.69, 9.17) is 5.73 Å². The predicted molar refractivity (Wildman–Crippen MR) is 95.8 cm³/mol. The lowest BCUT2D eigenvalue weighted by Crippen LogP contribution is -2.41. The van der Waals surface area contributed by atoms with Crippen LogP contribution in [0.15, 0.2) is 29.9 Å². The molecule has 0 radical (unpaired) electrons. The molecule has 0 saturated carbocycles. The van der Waals surface area contributed by atoms with Crippen molar-refractivity contribution in [3.05, 3.63) is 40.5 Å². The molecule has 1 amide bonds. The highest BCUT2D eigenvalue weighted by atomic mass is 32.1. The number of hydrogen-bond donors (Lipinski definition) is 2. The van der Waals surface area contributed by atoms with Gasteiger partial charge in [-0.15, -0.1) is 11.3 Å². The highest BCUT2D eigenvalue weighted by Crippen LogP contribution is 2.29. The summed E-state index contributed by atoms with van der Waals surface area (Å²) in [4.78, 5) is 24.1. The third-order valence-corrected chi connectivity index (χ3v) is 5.50. The van der Waals surface area contributed by atoms with Crippen molar-refractivity contribution < 1.29 is 4.79 Å². The van der Waals surface area contributed by atoms with Gasteiger partial charge in [0.15, 0.2) is 11.5 Å². The number of anilines is 1. The number of hydrogen-bond acceptors (Lipinski definition) is 6. The molecule has 3 rings (SSSR count). The fourth-order valence-electron chi connectivity index (χ4n) is 3.03. The van der Waals surface area contributed by atoms with E-state index in [-0.39, 0.29) is 23.5 Å². The summed E-state index contributed by atoms with van der Waals surface area (Å²) < 4.78 is 0. The molecule has 1 atom stereocenters. The number of piperidine rings is 1. The minimum atomic E-state index is -0.271. The van der Waals surface area contributed by atoms with Gasteiger partial charge in [-0.05, 0) is 43.3 Å². The number of thiophene rings is 1. The number of nitrogens with two attached hydrogens (primary N) is 1. The Labute approximate surface area is 146 Å². The van der Waals surface area contributed by atoms with Gasteiger partial charge in [0.2, 0.25) is 0 Å². The third-order valence-electron chi connectivity index (χ3n) is 4.53. The van der Waals surface area contributed by atoms with Gasteiger partial charge < -0.3 is 11.1 Å². The number of amides is 1. The van der Waals surface area contributed by atoms with Crippen LogP contribution in [-0.2, 0) is 0 Å². The van der Waals surface area contributed by atoms with Gasteiger partial charge in [0, 0.05) is 23.8 Å². The lowest BCUT2D eigenvalue weighted by Gasteiger charge is -2.36. The number of rotatable bonds is 5. The molecule has 6 nitrogen and oxygen atoms in total. The number of nitrogen functional groups attached to an aromatic ring is 1. The molecule has 3 heterocycles. The second-order valence-electron chi connectivity index (χ2n) is 6.25. The van der Waals surface area contributed by atoms with Gasteiger partial charge in [0.25, 0.3) is 5.91 Å². The first-order chi connectivity index (χ1) is 11.6. The molecule has 0 aromatic carbocycles. The third kappa shape index (κ3) is 3.91. The van der Waals surface area contributed by atoms with Crippen LogP contribution in [0.25, 0.3) is 0 Å². The quantitative estimate of drug-likeness (QED) is 0.869. The molecule has 2 aromatic heterocycles. The number of aromatic nitrogens is 2. The first-order valence-electron chi connectivity index (χ1n) is 8.27. The van der Waals surface area contributed by atoms with Gasteiger partial charge in [0.05, 0.1) is 6.04 Å². The summed E-state index contributed by atoms with van der Waals surface area (Å²) in [6.07, 6.45) is 5.36. The summed E-state index contributed by atoms with van der Waals surface area (Å²) in [5.74, 6) is 0.668. The van der Waals surface area contributed by atoms with Crippen LogP contribution in [0.1, 0.15) is 41.2 Å². The summed E-state index contributed by atoms with van der Waals surface area (Å²) in [6, 6.07) is 4.39. The maximum atomic E-state index is 12.4. The Morgan fingerprint density at radius 1 is 1.42 bits per heavy atom. The molecular formula is C17H23N5OS. The molecule has 1 aliphatic rings. The van der Waals surface area contributed by atoms with Crippen molar-refractivity contribution in [1.29, 1.82) is 0 Å². The molecule has 1 aliphatic heterocycles. The van der Waals surface area contributed by atoms with Crippen LogP contribution in [0.3, 0.4) is 0 Å². The molecule has 1 saturated heterocycles. The van der Waals surface area contributed by atoms with Gasteiger partial charge in [-0.2, -0.15) is 0 Å². The van der Waals surface area contributed by atoms with E-state index in [0.29, 0.717) is 6.54 Å². The number of nitrogens with one attached hydrogen (secondary N) is 1. The van der Waals surface area contributed by atoms with Crippen LogP contribution in [0, 0.1) is 5.92 Å². The zero-order chi connectivity index (χ0) is 16.9. The average molecular weight is 345 g/mol. The van der Waals surface area contributed by atoms with Crippen LogP contribution in [0.4, 0.5) is 5.82 Å². The average Bonchev–Trinajstić information content (AvgIpc) is 3.11. The Kier molecular flexibility index (Phi) is 5.42. The smallest absolute Gasteiger partial charge is 0.273 e. The highest BCUT2D eigenvalue weighted by Gasteiger charge is 2.26. The van der Waals surface area contributed by atoms with Crippen molar-refractivity contribution in [2.75, 3.05) is 25.4 Å². The van der Waals surface area contributed by atoms with Crippen molar-refractivity contribution in [3.63, 3.8) is 0 Å². The summed E-state index contributed by atoms with van der Waals surface area (Å²) in [5.41, 5.74) is 5.93. The Bertz CT molecular complexity index is 667. The minimum Gasteiger partial charge on any atom is -0.382 e. The van der Waals surface area contributed by atoms with Crippen LogP contribution < -0.4 is 11.1 Å². The maximum Gasteiger partial charge on any atom is 0.273 e. The van der Waals surface area contributed by atoms with Gasteiger partial charge in [0.1, 0.15) is 0 Å². The predicted octanol–water partition coefficient (Wildman–Crippen LogP) is 2.32. The van der Waals surface area contributed by atoms with E-state index < -0.39 is 0 Å². The molecule has 7 heteroatoms. The Hall–Kier alpha value is -1.99. The Morgan fingerprint density at radius 2 is 2.17 bits per heavy atom. The van der Waals surface area contributed by atoms with Gasteiger partial charge in [-0.25, -0.2) is 9.97 Å². The standard InChI is InChI=1S/C17H23N5OS/c1-12-4-8-22(9-5-12)13(14-3-2-10-24-14)11-21-17(23)15-16(18)20-7-6-19-15/h2-3,6-7,10,12-13H,4-5,8-9,11H2,1H3,(H2,18,20)(H,21,23)/t13-/m0/s1. The Balaban J connectivity index is 1.68. The normalized spacial score (nSPS) is 17.5. The zero-order valence-electron chi connectivity index (χ0n) is 13.8. The molecule has 1 fully saturated rings. The molecule has 0 spiro atoms. The van der Waals surface area contributed by atoms with Crippen molar-refractivity contribution in [3.8, 4) is 0 Å². The fraction of sp³-hybridized carbons (Fsp3) is 0.471. The van der Waals surface area contributed by atoms with Gasteiger partial charge >= 0.3 is 0 Å². The van der Waals surface area contributed by atoms with Crippen LogP contribution in [0.2, 0.25) is 0 Å². The van der Waals surface area contributed by atoms with E-state index in [9.17, 15) is 4.79 Å². The largest absolute Gasteiger partial charge is 0.382 e. The van der Waals surface area contributed by atoms with E-state index >= 15 is 0 Å². The number of likely N-dealkylation sites (tertiary alicyclic amines) is 1. The lowest BCUT2D eigenvalue weighted by molar-refractivity contribution is 0.0910. The maximum absolute atomic E-state index is 12.4. The number of carbonyl (C=O) groups is 1. The summed E-state index contributed by atoms with van der Waals surface area (Å²) in [7, 11) is 0. The molecule has 24 heavy (non-hydrogen) atoms. The summed E-state index contributed by atoms with van der Waals surface area (Å²) in [6.45, 7) is 4.97. The van der Waals surface area contributed by atoms with Crippen molar-refractivity contribution >= 4 is 23.1 Å². The van der Waals surface area contributed by atoms with E-state index in [1.54, 1.807) is 11.3 Å². The van der Waals surface area contributed by atoms with E-state index in [1.807, 2.05) is 0 Å². The SMILES string of the molecule is CC1CCN([C@@H](CNC(=O)c2nccnc2N)c2cccs2)CC1. The molecule has 128 valence electrons.